The predicted octanol–water partition coefficient (Wildman–Crippen LogP) is 5.88. The van der Waals surface area contributed by atoms with E-state index in [-0.39, 0.29) is 12.5 Å². The average Bonchev–Trinajstić information content (AvgIpc) is 3.06. The molecule has 1 amide bonds. The lowest BCUT2D eigenvalue weighted by atomic mass is 9.99. The van der Waals surface area contributed by atoms with Gasteiger partial charge in [0, 0.05) is 6.42 Å². The predicted molar refractivity (Wildman–Crippen MR) is 190 cm³/mol. The van der Waals surface area contributed by atoms with Crippen LogP contribution in [0.4, 0.5) is 0 Å². The zero-order valence-electron chi connectivity index (χ0n) is 30.5. The van der Waals surface area contributed by atoms with E-state index in [9.17, 15) is 33.6 Å². The summed E-state index contributed by atoms with van der Waals surface area (Å²) in [5.74, 6) is -0.233. The quantitative estimate of drug-likeness (QED) is 0.0359. The maximum absolute atomic E-state index is 12.9. The van der Waals surface area contributed by atoms with Gasteiger partial charge in [-0.25, -0.2) is 4.18 Å². The van der Waals surface area contributed by atoms with Gasteiger partial charge in [-0.1, -0.05) is 149 Å². The normalized spacial score (nSPS) is 22.6. The highest BCUT2D eigenvalue weighted by Gasteiger charge is 2.48. The van der Waals surface area contributed by atoms with Crippen LogP contribution in [-0.4, -0.2) is 95.4 Å². The summed E-state index contributed by atoms with van der Waals surface area (Å²) in [4.78, 5) is 12.9. The molecule has 13 heteroatoms. The molecule has 0 radical (unpaired) electrons. The summed E-state index contributed by atoms with van der Waals surface area (Å²) in [6.07, 6.45) is 16.9. The summed E-state index contributed by atoms with van der Waals surface area (Å²) in [5, 5.41) is 44.5. The number of hydrogen-bond acceptors (Lipinski definition) is 10. The molecule has 0 spiro atoms. The summed E-state index contributed by atoms with van der Waals surface area (Å²) in [6, 6.07) is -0.848. The molecule has 0 bridgehead atoms. The molecule has 12 nitrogen and oxygen atoms in total. The smallest absolute Gasteiger partial charge is 0.394 e. The molecule has 0 aromatic rings. The summed E-state index contributed by atoms with van der Waals surface area (Å²) in [5.41, 5.74) is 0. The number of unbranched alkanes of at least 4 members (excludes halogenated alkanes) is 20. The van der Waals surface area contributed by atoms with Crippen LogP contribution in [0.3, 0.4) is 0 Å². The number of nitrogens with one attached hydrogen (secondary N) is 1. The summed E-state index contributed by atoms with van der Waals surface area (Å²) in [6.45, 7) is 3.39. The van der Waals surface area contributed by atoms with Crippen molar-refractivity contribution in [3.63, 3.8) is 0 Å². The van der Waals surface area contributed by atoms with Crippen LogP contribution in [0.15, 0.2) is 0 Å². The third kappa shape index (κ3) is 22.6. The van der Waals surface area contributed by atoms with E-state index in [1.807, 2.05) is 0 Å². The van der Waals surface area contributed by atoms with Crippen molar-refractivity contribution in [2.24, 2.45) is 0 Å². The fourth-order valence-electron chi connectivity index (χ4n) is 6.34. The van der Waals surface area contributed by atoms with Gasteiger partial charge in [-0.05, 0) is 12.8 Å². The van der Waals surface area contributed by atoms with Crippen LogP contribution >= 0.6 is 0 Å². The highest BCUT2D eigenvalue weighted by Crippen LogP contribution is 2.26. The Morgan fingerprint density at radius 1 is 0.735 bits per heavy atom. The van der Waals surface area contributed by atoms with Crippen molar-refractivity contribution in [1.29, 1.82) is 0 Å². The molecule has 0 aromatic heterocycles. The summed E-state index contributed by atoms with van der Waals surface area (Å²) < 4.78 is 47.3. The van der Waals surface area contributed by atoms with Crippen LogP contribution in [0.25, 0.3) is 0 Å². The lowest BCUT2D eigenvalue weighted by Gasteiger charge is -2.41. The molecular weight excluding hydrogens is 654 g/mol. The second-order valence-corrected chi connectivity index (χ2v) is 14.9. The highest BCUT2D eigenvalue weighted by molar-refractivity contribution is 7.80. The van der Waals surface area contributed by atoms with E-state index in [1.54, 1.807) is 0 Å². The third-order valence-electron chi connectivity index (χ3n) is 9.42. The minimum atomic E-state index is -5.06. The van der Waals surface area contributed by atoms with Crippen molar-refractivity contribution in [2.45, 2.75) is 211 Å². The van der Waals surface area contributed by atoms with E-state index in [1.165, 1.54) is 89.9 Å². The first-order chi connectivity index (χ1) is 23.5. The molecule has 1 saturated heterocycles. The zero-order chi connectivity index (χ0) is 36.3. The van der Waals surface area contributed by atoms with Crippen LogP contribution in [-0.2, 0) is 28.9 Å². The molecule has 1 aliphatic heterocycles. The van der Waals surface area contributed by atoms with Gasteiger partial charge in [0.05, 0.1) is 25.4 Å². The van der Waals surface area contributed by atoms with Gasteiger partial charge < -0.3 is 35.2 Å². The number of rotatable bonds is 32. The Kier molecular flexibility index (Phi) is 27.0. The van der Waals surface area contributed by atoms with Gasteiger partial charge >= 0.3 is 10.4 Å². The van der Waals surface area contributed by atoms with Crippen molar-refractivity contribution in [3.8, 4) is 0 Å². The van der Waals surface area contributed by atoms with Gasteiger partial charge in [0.25, 0.3) is 0 Å². The fourth-order valence-corrected chi connectivity index (χ4v) is 6.85. The Balaban J connectivity index is 2.61. The number of carbonyl (C=O) groups is 1. The van der Waals surface area contributed by atoms with Crippen molar-refractivity contribution >= 4 is 16.3 Å². The average molecular weight is 726 g/mol. The van der Waals surface area contributed by atoms with Crippen molar-refractivity contribution < 1.29 is 51.8 Å². The topological polar surface area (TPSA) is 192 Å². The van der Waals surface area contributed by atoms with Gasteiger partial charge in [0.1, 0.15) is 24.4 Å². The first kappa shape index (κ1) is 46.1. The molecular formula is C36H71NO11S. The molecule has 1 rings (SSSR count). The number of aliphatic hydroxyl groups is 4. The van der Waals surface area contributed by atoms with E-state index < -0.39 is 59.9 Å². The standard InChI is InChI=1S/C36H71NO11S/c1-3-5-7-9-11-13-15-16-17-19-21-23-25-30(39)29(37-32(40)26-24-22-20-18-14-12-10-8-6-4-2)28-46-36-34(42)35(48-49(43,44)45)33(41)31(27-38)47-36/h29-31,33-36,38-39,41-42H,3-28H2,1-2H3,(H,37,40)(H,43,44,45). The largest absolute Gasteiger partial charge is 0.397 e. The molecule has 7 atom stereocenters. The second kappa shape index (κ2) is 28.7. The van der Waals surface area contributed by atoms with Crippen molar-refractivity contribution in [3.05, 3.63) is 0 Å². The number of amides is 1. The Hall–Kier alpha value is -0.900. The maximum Gasteiger partial charge on any atom is 0.397 e. The monoisotopic (exact) mass is 725 g/mol. The number of hydrogen-bond donors (Lipinski definition) is 6. The minimum Gasteiger partial charge on any atom is -0.394 e. The number of aliphatic hydroxyl groups excluding tert-OH is 4. The molecule has 1 aliphatic rings. The Bertz CT molecular complexity index is 909. The molecule has 7 unspecified atom stereocenters. The number of carbonyl (C=O) groups excluding carboxylic acids is 1. The fraction of sp³-hybridized carbons (Fsp3) is 0.972. The lowest BCUT2D eigenvalue weighted by molar-refractivity contribution is -0.298. The van der Waals surface area contributed by atoms with Crippen LogP contribution in [0.2, 0.25) is 0 Å². The van der Waals surface area contributed by atoms with Crippen molar-refractivity contribution in [1.82, 2.24) is 5.32 Å². The molecule has 1 heterocycles. The lowest BCUT2D eigenvalue weighted by Crippen LogP contribution is -2.61. The Morgan fingerprint density at radius 2 is 1.18 bits per heavy atom. The number of ether oxygens (including phenoxy) is 2. The van der Waals surface area contributed by atoms with E-state index in [4.69, 9.17) is 14.0 Å². The summed E-state index contributed by atoms with van der Waals surface area (Å²) in [7, 11) is -5.06. The second-order valence-electron chi connectivity index (χ2n) is 13.9. The highest BCUT2D eigenvalue weighted by atomic mass is 32.3. The van der Waals surface area contributed by atoms with Gasteiger partial charge in [-0.15, -0.1) is 0 Å². The summed E-state index contributed by atoms with van der Waals surface area (Å²) >= 11 is 0. The van der Waals surface area contributed by atoms with Crippen LogP contribution in [0.1, 0.15) is 168 Å². The first-order valence-corrected chi connectivity index (χ1v) is 20.8. The molecule has 0 aromatic carbocycles. The SMILES string of the molecule is CCCCCCCCCCCCCCC(O)C(COC1OC(CO)C(O)C(OS(=O)(=O)O)C1O)NC(=O)CCCCCCCCCCCC. The maximum atomic E-state index is 12.9. The van der Waals surface area contributed by atoms with Crippen molar-refractivity contribution in [2.75, 3.05) is 13.2 Å². The van der Waals surface area contributed by atoms with E-state index >= 15 is 0 Å². The zero-order valence-corrected chi connectivity index (χ0v) is 31.3. The molecule has 49 heavy (non-hydrogen) atoms. The molecule has 0 saturated carbocycles. The van der Waals surface area contributed by atoms with Gasteiger partial charge in [-0.2, -0.15) is 8.42 Å². The van der Waals surface area contributed by atoms with E-state index in [0.717, 1.165) is 51.4 Å². The van der Waals surface area contributed by atoms with Crippen LogP contribution < -0.4 is 5.32 Å². The third-order valence-corrected chi connectivity index (χ3v) is 9.88. The molecule has 1 fully saturated rings. The Morgan fingerprint density at radius 3 is 1.63 bits per heavy atom. The van der Waals surface area contributed by atoms with E-state index in [0.29, 0.717) is 12.8 Å². The molecule has 6 N–H and O–H groups in total. The minimum absolute atomic E-state index is 0.233. The van der Waals surface area contributed by atoms with E-state index in [2.05, 4.69) is 23.3 Å². The first-order valence-electron chi connectivity index (χ1n) is 19.4. The van der Waals surface area contributed by atoms with Crippen LogP contribution in [0.5, 0.6) is 0 Å². The van der Waals surface area contributed by atoms with Gasteiger partial charge in [-0.3, -0.25) is 9.35 Å². The molecule has 292 valence electrons. The van der Waals surface area contributed by atoms with Gasteiger partial charge in [0.15, 0.2) is 6.29 Å². The molecule has 0 aliphatic carbocycles. The Labute approximate surface area is 297 Å². The van der Waals surface area contributed by atoms with Gasteiger partial charge in [0.2, 0.25) is 5.91 Å². The van der Waals surface area contributed by atoms with Crippen LogP contribution in [0, 0.1) is 0 Å².